The van der Waals surface area contributed by atoms with E-state index in [2.05, 4.69) is 16.4 Å². The van der Waals surface area contributed by atoms with Crippen LogP contribution in [-0.4, -0.2) is 48.9 Å². The van der Waals surface area contributed by atoms with Crippen molar-refractivity contribution in [1.29, 1.82) is 0 Å². The molecule has 0 aliphatic carbocycles. The van der Waals surface area contributed by atoms with Crippen molar-refractivity contribution in [3.05, 3.63) is 76.6 Å². The van der Waals surface area contributed by atoms with Crippen LogP contribution in [0.2, 0.25) is 5.02 Å². The third kappa shape index (κ3) is 6.95. The van der Waals surface area contributed by atoms with E-state index in [0.29, 0.717) is 30.2 Å². The maximum Gasteiger partial charge on any atom is 0.337 e. The number of unbranched alkanes of at least 4 members (excludes halogenated alkanes) is 1. The van der Waals surface area contributed by atoms with Crippen molar-refractivity contribution in [3.63, 3.8) is 0 Å². The molecule has 0 amide bonds. The lowest BCUT2D eigenvalue weighted by Crippen LogP contribution is -2.21. The van der Waals surface area contributed by atoms with Crippen LogP contribution in [0.25, 0.3) is 21.7 Å². The van der Waals surface area contributed by atoms with Crippen molar-refractivity contribution >= 4 is 39.2 Å². The molecule has 0 bridgehead atoms. The number of nitrogens with one attached hydrogen (secondary N) is 1. The lowest BCUT2D eigenvalue weighted by atomic mass is 10.1. The molecule has 1 N–H and O–H groups in total. The van der Waals surface area contributed by atoms with Crippen LogP contribution in [0.1, 0.15) is 41.3 Å². The molecule has 2 aromatic heterocycles. The van der Waals surface area contributed by atoms with Crippen LogP contribution in [0, 0.1) is 6.92 Å². The van der Waals surface area contributed by atoms with E-state index in [1.165, 1.54) is 12.7 Å². The molecule has 194 valence electrons. The highest BCUT2D eigenvalue weighted by Crippen LogP contribution is 2.31. The second kappa shape index (κ2) is 12.8. The number of carbonyl (C=O) groups excluding carboxylic acids is 1. The Hall–Kier alpha value is -3.26. The van der Waals surface area contributed by atoms with Crippen molar-refractivity contribution in [2.75, 3.05) is 26.9 Å². The zero-order valence-electron chi connectivity index (χ0n) is 21.4. The van der Waals surface area contributed by atoms with E-state index in [4.69, 9.17) is 30.8 Å². The molecule has 0 saturated carbocycles. The van der Waals surface area contributed by atoms with Crippen LogP contribution in [0.3, 0.4) is 0 Å². The van der Waals surface area contributed by atoms with Crippen LogP contribution in [0.15, 0.2) is 54.9 Å². The summed E-state index contributed by atoms with van der Waals surface area (Å²) in [6, 6.07) is 13.3. The van der Waals surface area contributed by atoms with Crippen LogP contribution in [-0.2, 0) is 16.0 Å². The molecule has 0 unspecified atom stereocenters. The number of esters is 1. The number of hydrogen-bond donors (Lipinski definition) is 1. The average Bonchev–Trinajstić information content (AvgIpc) is 2.91. The van der Waals surface area contributed by atoms with Crippen molar-refractivity contribution in [2.45, 2.75) is 39.3 Å². The van der Waals surface area contributed by atoms with Crippen LogP contribution < -0.4 is 10.1 Å². The minimum atomic E-state index is -0.408. The summed E-state index contributed by atoms with van der Waals surface area (Å²) in [6.45, 7) is 6.78. The molecule has 0 radical (unpaired) electrons. The van der Waals surface area contributed by atoms with Crippen molar-refractivity contribution in [3.8, 4) is 5.88 Å². The number of halogens is 1. The van der Waals surface area contributed by atoms with E-state index in [9.17, 15) is 4.79 Å². The Morgan fingerprint density at radius 2 is 1.95 bits per heavy atom. The number of methoxy groups -OCH3 is 1. The smallest absolute Gasteiger partial charge is 0.337 e. The van der Waals surface area contributed by atoms with E-state index >= 15 is 0 Å². The van der Waals surface area contributed by atoms with Gasteiger partial charge in [0.05, 0.1) is 24.8 Å². The molecule has 0 fully saturated rings. The monoisotopic (exact) mass is 521 g/mol. The number of aromatic nitrogens is 2. The van der Waals surface area contributed by atoms with Crippen LogP contribution in [0.4, 0.5) is 0 Å². The Labute approximate surface area is 222 Å². The summed E-state index contributed by atoms with van der Waals surface area (Å²) >= 11 is 6.19. The molecule has 7 nitrogen and oxygen atoms in total. The normalized spacial score (nSPS) is 12.1. The van der Waals surface area contributed by atoms with Gasteiger partial charge in [0, 0.05) is 46.7 Å². The van der Waals surface area contributed by atoms with Crippen LogP contribution in [0.5, 0.6) is 5.88 Å². The van der Waals surface area contributed by atoms with Crippen molar-refractivity contribution in [2.24, 2.45) is 0 Å². The van der Waals surface area contributed by atoms with Gasteiger partial charge in [-0.2, -0.15) is 0 Å². The summed E-state index contributed by atoms with van der Waals surface area (Å²) in [5.41, 5.74) is 3.36. The summed E-state index contributed by atoms with van der Waals surface area (Å²) in [4.78, 5) is 20.9. The molecule has 2 heterocycles. The fourth-order valence-corrected chi connectivity index (χ4v) is 4.26. The van der Waals surface area contributed by atoms with Gasteiger partial charge in [0.15, 0.2) is 0 Å². The van der Waals surface area contributed by atoms with Crippen molar-refractivity contribution in [1.82, 2.24) is 15.3 Å². The van der Waals surface area contributed by atoms with Crippen LogP contribution >= 0.6 is 11.6 Å². The van der Waals surface area contributed by atoms with Gasteiger partial charge >= 0.3 is 5.97 Å². The number of benzene rings is 2. The average molecular weight is 522 g/mol. The minimum absolute atomic E-state index is 0.200. The molecular formula is C29H32ClN3O4. The van der Waals surface area contributed by atoms with Gasteiger partial charge in [-0.3, -0.25) is 4.98 Å². The van der Waals surface area contributed by atoms with Gasteiger partial charge in [0.1, 0.15) is 6.10 Å². The predicted octanol–water partition coefficient (Wildman–Crippen LogP) is 5.89. The predicted molar refractivity (Wildman–Crippen MR) is 146 cm³/mol. The first-order valence-electron chi connectivity index (χ1n) is 12.4. The topological polar surface area (TPSA) is 82.6 Å². The third-order valence-electron chi connectivity index (χ3n) is 6.11. The largest absolute Gasteiger partial charge is 0.472 e. The Kier molecular flexibility index (Phi) is 9.28. The maximum absolute atomic E-state index is 12.0. The SMILES string of the molecule is COC(=O)c1ccc2c(c1)nc(O[C@@H](C)COCCCCNCc1ccc(C)c(Cl)c1)c1ccncc12. The summed E-state index contributed by atoms with van der Waals surface area (Å²) in [6.07, 6.45) is 5.27. The summed E-state index contributed by atoms with van der Waals surface area (Å²) in [7, 11) is 1.36. The second-order valence-corrected chi connectivity index (χ2v) is 9.44. The van der Waals surface area contributed by atoms with Gasteiger partial charge in [0.2, 0.25) is 5.88 Å². The lowest BCUT2D eigenvalue weighted by Gasteiger charge is -2.17. The van der Waals surface area contributed by atoms with E-state index in [-0.39, 0.29) is 6.10 Å². The summed E-state index contributed by atoms with van der Waals surface area (Å²) in [5, 5.41) is 6.92. The maximum atomic E-state index is 12.0. The Bertz CT molecular complexity index is 1380. The lowest BCUT2D eigenvalue weighted by molar-refractivity contribution is 0.0556. The third-order valence-corrected chi connectivity index (χ3v) is 6.51. The molecular weight excluding hydrogens is 490 g/mol. The number of rotatable bonds is 12. The van der Waals surface area contributed by atoms with E-state index in [1.54, 1.807) is 24.5 Å². The Morgan fingerprint density at radius 1 is 1.08 bits per heavy atom. The fourth-order valence-electron chi connectivity index (χ4n) is 4.06. The molecule has 0 saturated heterocycles. The first kappa shape index (κ1) is 26.8. The first-order chi connectivity index (χ1) is 18.0. The molecule has 0 aliphatic heterocycles. The number of fused-ring (bicyclic) bond motifs is 3. The Balaban J connectivity index is 1.26. The molecule has 2 aromatic carbocycles. The van der Waals surface area contributed by atoms with E-state index < -0.39 is 5.97 Å². The molecule has 37 heavy (non-hydrogen) atoms. The van der Waals surface area contributed by atoms with Gasteiger partial charge in [0.25, 0.3) is 0 Å². The molecule has 0 spiro atoms. The fraction of sp³-hybridized carbons (Fsp3) is 0.345. The van der Waals surface area contributed by atoms with Gasteiger partial charge in [-0.05, 0) is 68.6 Å². The molecule has 0 aliphatic rings. The molecule has 4 rings (SSSR count). The van der Waals surface area contributed by atoms with E-state index in [0.717, 1.165) is 52.7 Å². The molecule has 8 heteroatoms. The minimum Gasteiger partial charge on any atom is -0.472 e. The second-order valence-electron chi connectivity index (χ2n) is 9.03. The number of pyridine rings is 2. The zero-order chi connectivity index (χ0) is 26.2. The quantitative estimate of drug-likeness (QED) is 0.141. The molecule has 1 atom stereocenters. The zero-order valence-corrected chi connectivity index (χ0v) is 22.2. The van der Waals surface area contributed by atoms with Gasteiger partial charge in [-0.1, -0.05) is 29.8 Å². The number of ether oxygens (including phenoxy) is 3. The Morgan fingerprint density at radius 3 is 2.76 bits per heavy atom. The summed E-state index contributed by atoms with van der Waals surface area (Å²) in [5.74, 6) is 0.0809. The highest BCUT2D eigenvalue weighted by Gasteiger charge is 2.15. The number of nitrogens with zero attached hydrogens (tertiary/aromatic N) is 2. The van der Waals surface area contributed by atoms with Crippen molar-refractivity contribution < 1.29 is 19.0 Å². The van der Waals surface area contributed by atoms with Gasteiger partial charge in [-0.25, -0.2) is 9.78 Å². The highest BCUT2D eigenvalue weighted by molar-refractivity contribution is 6.31. The number of aryl methyl sites for hydroxylation is 1. The standard InChI is InChI=1S/C29H32ClN3O4/c1-19-6-7-21(14-26(19)30)16-31-11-4-5-13-36-18-20(2)37-28-24-10-12-32-17-25(24)23-9-8-22(29(34)35-3)15-27(23)33-28/h6-10,12,14-15,17,20,31H,4-5,11,13,16,18H2,1-3H3/t20-/m0/s1. The van der Waals surface area contributed by atoms with Gasteiger partial charge in [-0.15, -0.1) is 0 Å². The highest BCUT2D eigenvalue weighted by atomic mass is 35.5. The summed E-state index contributed by atoms with van der Waals surface area (Å²) < 4.78 is 16.9. The molecule has 4 aromatic rings. The van der Waals surface area contributed by atoms with E-state index in [1.807, 2.05) is 38.1 Å². The number of hydrogen-bond acceptors (Lipinski definition) is 7. The number of carbonyl (C=O) groups is 1. The van der Waals surface area contributed by atoms with Gasteiger partial charge < -0.3 is 19.5 Å². The first-order valence-corrected chi connectivity index (χ1v) is 12.8.